The molecule has 0 saturated heterocycles. The maximum atomic E-state index is 6.00. The molecular weight excluding hydrogens is 226 g/mol. The number of nitrogens with two attached hydrogens (primary N) is 1. The summed E-state index contributed by atoms with van der Waals surface area (Å²) in [6.45, 7) is 7.66. The fourth-order valence-corrected chi connectivity index (χ4v) is 2.08. The van der Waals surface area contributed by atoms with Crippen molar-refractivity contribution in [2.24, 2.45) is 5.73 Å². The van der Waals surface area contributed by atoms with Gasteiger partial charge in [0.1, 0.15) is 5.75 Å². The number of hydrogen-bond acceptors (Lipinski definition) is 3. The van der Waals surface area contributed by atoms with Gasteiger partial charge in [-0.15, -0.1) is 0 Å². The molecule has 0 aliphatic rings. The van der Waals surface area contributed by atoms with Crippen LogP contribution in [0.15, 0.2) is 12.1 Å². The molecule has 3 nitrogen and oxygen atoms in total. The standard InChI is InChI=1S/C15H25NO2/c1-11-9-14(5-7-16)10-12(2)15(11)18-13(3)6-8-17-4/h9-10,13H,5-8,16H2,1-4H3. The molecule has 0 saturated carbocycles. The van der Waals surface area contributed by atoms with Gasteiger partial charge in [-0.1, -0.05) is 12.1 Å². The Labute approximate surface area is 110 Å². The maximum Gasteiger partial charge on any atom is 0.125 e. The number of hydrogen-bond donors (Lipinski definition) is 1. The molecule has 1 unspecified atom stereocenters. The van der Waals surface area contributed by atoms with Crippen LogP contribution in [0.1, 0.15) is 30.0 Å². The van der Waals surface area contributed by atoms with E-state index in [9.17, 15) is 0 Å². The Morgan fingerprint density at radius 2 is 1.83 bits per heavy atom. The third kappa shape index (κ3) is 4.31. The molecule has 18 heavy (non-hydrogen) atoms. The smallest absolute Gasteiger partial charge is 0.125 e. The summed E-state index contributed by atoms with van der Waals surface area (Å²) in [6, 6.07) is 4.33. The Hall–Kier alpha value is -1.06. The quantitative estimate of drug-likeness (QED) is 0.810. The van der Waals surface area contributed by atoms with Gasteiger partial charge < -0.3 is 15.2 Å². The fraction of sp³-hybridized carbons (Fsp3) is 0.600. The van der Waals surface area contributed by atoms with Crippen molar-refractivity contribution >= 4 is 0 Å². The molecule has 0 spiro atoms. The summed E-state index contributed by atoms with van der Waals surface area (Å²) in [4.78, 5) is 0. The first kappa shape index (κ1) is 15.0. The van der Waals surface area contributed by atoms with Crippen LogP contribution in [0.3, 0.4) is 0 Å². The fourth-order valence-electron chi connectivity index (χ4n) is 2.08. The molecular formula is C15H25NO2. The highest BCUT2D eigenvalue weighted by molar-refractivity contribution is 5.43. The molecule has 102 valence electrons. The van der Waals surface area contributed by atoms with Crippen molar-refractivity contribution in [2.45, 2.75) is 39.7 Å². The van der Waals surface area contributed by atoms with Crippen LogP contribution in [-0.2, 0) is 11.2 Å². The van der Waals surface area contributed by atoms with Crippen LogP contribution in [0.4, 0.5) is 0 Å². The van der Waals surface area contributed by atoms with Gasteiger partial charge in [-0.05, 0) is 50.4 Å². The van der Waals surface area contributed by atoms with Gasteiger partial charge in [-0.25, -0.2) is 0 Å². The minimum absolute atomic E-state index is 0.169. The van der Waals surface area contributed by atoms with Crippen LogP contribution < -0.4 is 10.5 Å². The van der Waals surface area contributed by atoms with E-state index in [0.717, 1.165) is 25.2 Å². The zero-order valence-corrected chi connectivity index (χ0v) is 12.0. The third-order valence-corrected chi connectivity index (χ3v) is 3.00. The van der Waals surface area contributed by atoms with E-state index in [1.54, 1.807) is 7.11 Å². The van der Waals surface area contributed by atoms with Gasteiger partial charge in [-0.3, -0.25) is 0 Å². The normalized spacial score (nSPS) is 12.5. The summed E-state index contributed by atoms with van der Waals surface area (Å²) in [5.74, 6) is 0.999. The molecule has 1 atom stereocenters. The molecule has 0 amide bonds. The largest absolute Gasteiger partial charge is 0.490 e. The first-order valence-electron chi connectivity index (χ1n) is 6.54. The highest BCUT2D eigenvalue weighted by Gasteiger charge is 2.10. The zero-order valence-electron chi connectivity index (χ0n) is 12.0. The zero-order chi connectivity index (χ0) is 13.5. The molecule has 1 aromatic rings. The molecule has 3 heteroatoms. The van der Waals surface area contributed by atoms with Crippen LogP contribution in [-0.4, -0.2) is 26.4 Å². The minimum Gasteiger partial charge on any atom is -0.490 e. The van der Waals surface area contributed by atoms with E-state index >= 15 is 0 Å². The molecule has 0 heterocycles. The summed E-state index contributed by atoms with van der Waals surface area (Å²) in [5, 5.41) is 0. The topological polar surface area (TPSA) is 44.5 Å². The molecule has 1 aromatic carbocycles. The highest BCUT2D eigenvalue weighted by atomic mass is 16.5. The molecule has 0 fully saturated rings. The number of ether oxygens (including phenoxy) is 2. The van der Waals surface area contributed by atoms with E-state index in [-0.39, 0.29) is 6.10 Å². The number of aryl methyl sites for hydroxylation is 2. The minimum atomic E-state index is 0.169. The molecule has 1 rings (SSSR count). The summed E-state index contributed by atoms with van der Waals surface area (Å²) >= 11 is 0. The van der Waals surface area contributed by atoms with Crippen molar-refractivity contribution in [1.29, 1.82) is 0 Å². The van der Waals surface area contributed by atoms with Crippen LogP contribution in [0.2, 0.25) is 0 Å². The second-order valence-electron chi connectivity index (χ2n) is 4.81. The summed E-state index contributed by atoms with van der Waals surface area (Å²) in [7, 11) is 1.71. The first-order chi connectivity index (χ1) is 8.58. The molecule has 0 aliphatic heterocycles. The van der Waals surface area contributed by atoms with E-state index in [1.165, 1.54) is 16.7 Å². The predicted molar refractivity (Wildman–Crippen MR) is 75.3 cm³/mol. The lowest BCUT2D eigenvalue weighted by Gasteiger charge is -2.19. The Kier molecular flexibility index (Phi) is 6.16. The molecule has 2 N–H and O–H groups in total. The van der Waals surface area contributed by atoms with E-state index in [4.69, 9.17) is 15.2 Å². The first-order valence-corrected chi connectivity index (χ1v) is 6.54. The van der Waals surface area contributed by atoms with Crippen molar-refractivity contribution in [2.75, 3.05) is 20.3 Å². The lowest BCUT2D eigenvalue weighted by Crippen LogP contribution is -2.15. The molecule has 0 aromatic heterocycles. The maximum absolute atomic E-state index is 6.00. The van der Waals surface area contributed by atoms with Crippen LogP contribution >= 0.6 is 0 Å². The second-order valence-corrected chi connectivity index (χ2v) is 4.81. The van der Waals surface area contributed by atoms with Crippen molar-refractivity contribution in [3.63, 3.8) is 0 Å². The van der Waals surface area contributed by atoms with Gasteiger partial charge in [0.2, 0.25) is 0 Å². The van der Waals surface area contributed by atoms with Gasteiger partial charge in [0.15, 0.2) is 0 Å². The monoisotopic (exact) mass is 251 g/mol. The van der Waals surface area contributed by atoms with E-state index in [1.807, 2.05) is 0 Å². The van der Waals surface area contributed by atoms with Crippen LogP contribution in [0.25, 0.3) is 0 Å². The van der Waals surface area contributed by atoms with Gasteiger partial charge >= 0.3 is 0 Å². The number of methoxy groups -OCH3 is 1. The molecule has 0 aliphatic carbocycles. The predicted octanol–water partition coefficient (Wildman–Crippen LogP) is 2.61. The summed E-state index contributed by atoms with van der Waals surface area (Å²) in [5.41, 5.74) is 9.24. The lowest BCUT2D eigenvalue weighted by atomic mass is 10.0. The van der Waals surface area contributed by atoms with Gasteiger partial charge in [0, 0.05) is 20.1 Å². The average Bonchev–Trinajstić information content (AvgIpc) is 2.31. The second kappa shape index (κ2) is 7.39. The van der Waals surface area contributed by atoms with Crippen molar-refractivity contribution < 1.29 is 9.47 Å². The van der Waals surface area contributed by atoms with Crippen molar-refractivity contribution in [3.05, 3.63) is 28.8 Å². The van der Waals surface area contributed by atoms with Gasteiger partial charge in [0.25, 0.3) is 0 Å². The Morgan fingerprint density at radius 1 is 1.22 bits per heavy atom. The van der Waals surface area contributed by atoms with Gasteiger partial charge in [0.05, 0.1) is 6.10 Å². The summed E-state index contributed by atoms with van der Waals surface area (Å²) < 4.78 is 11.1. The number of rotatable bonds is 7. The Bertz CT molecular complexity index is 354. The Balaban J connectivity index is 2.76. The van der Waals surface area contributed by atoms with Crippen molar-refractivity contribution in [3.8, 4) is 5.75 Å². The van der Waals surface area contributed by atoms with Crippen molar-refractivity contribution in [1.82, 2.24) is 0 Å². The average molecular weight is 251 g/mol. The Morgan fingerprint density at radius 3 is 2.33 bits per heavy atom. The third-order valence-electron chi connectivity index (χ3n) is 3.00. The van der Waals surface area contributed by atoms with Gasteiger partial charge in [-0.2, -0.15) is 0 Å². The highest BCUT2D eigenvalue weighted by Crippen LogP contribution is 2.26. The summed E-state index contributed by atoms with van der Waals surface area (Å²) in [6.07, 6.45) is 1.99. The SMILES string of the molecule is COCCC(C)Oc1c(C)cc(CCN)cc1C. The van der Waals surface area contributed by atoms with E-state index < -0.39 is 0 Å². The van der Waals surface area contributed by atoms with Crippen LogP contribution in [0, 0.1) is 13.8 Å². The molecule has 0 radical (unpaired) electrons. The number of benzene rings is 1. The lowest BCUT2D eigenvalue weighted by molar-refractivity contribution is 0.134. The van der Waals surface area contributed by atoms with E-state index in [0.29, 0.717) is 6.54 Å². The van der Waals surface area contributed by atoms with Crippen LogP contribution in [0.5, 0.6) is 5.75 Å². The van der Waals surface area contributed by atoms with E-state index in [2.05, 4.69) is 32.9 Å². The molecule has 0 bridgehead atoms.